The summed E-state index contributed by atoms with van der Waals surface area (Å²) < 4.78 is 4.02. The van der Waals surface area contributed by atoms with Crippen LogP contribution in [0.2, 0.25) is 5.02 Å². The highest BCUT2D eigenvalue weighted by Crippen LogP contribution is 2.29. The molecule has 104 valence electrons. The van der Waals surface area contributed by atoms with Crippen LogP contribution in [-0.4, -0.2) is 19.1 Å². The zero-order valence-electron chi connectivity index (χ0n) is 11.2. The number of imidazole rings is 2. The van der Waals surface area contributed by atoms with Gasteiger partial charge in [0.2, 0.25) is 0 Å². The molecular weight excluding hydrogens is 295 g/mol. The number of hydrogen-bond donors (Lipinski definition) is 0. The maximum Gasteiger partial charge on any atom is 0.128 e. The fourth-order valence-electron chi connectivity index (χ4n) is 2.31. The Morgan fingerprint density at radius 2 is 2.15 bits per heavy atom. The van der Waals surface area contributed by atoms with Crippen molar-refractivity contribution in [3.8, 4) is 0 Å². The number of alkyl halides is 1. The SMILES string of the molecule is CC(Cl)c1nc2cccc(Cl)c2n1Cc1nccn1C. The summed E-state index contributed by atoms with van der Waals surface area (Å²) in [5, 5.41) is 0.478. The molecule has 2 aromatic heterocycles. The van der Waals surface area contributed by atoms with E-state index in [2.05, 4.69) is 9.97 Å². The van der Waals surface area contributed by atoms with Gasteiger partial charge in [-0.05, 0) is 19.1 Å². The third-order valence-electron chi connectivity index (χ3n) is 3.32. The molecule has 1 atom stereocenters. The van der Waals surface area contributed by atoms with Gasteiger partial charge in [-0.1, -0.05) is 17.7 Å². The summed E-state index contributed by atoms with van der Waals surface area (Å²) in [5.74, 6) is 1.74. The minimum Gasteiger partial charge on any atom is -0.337 e. The number of rotatable bonds is 3. The van der Waals surface area contributed by atoms with Crippen molar-refractivity contribution in [2.75, 3.05) is 0 Å². The van der Waals surface area contributed by atoms with Gasteiger partial charge >= 0.3 is 0 Å². The fourth-order valence-corrected chi connectivity index (χ4v) is 2.75. The van der Waals surface area contributed by atoms with Crippen LogP contribution < -0.4 is 0 Å². The van der Waals surface area contributed by atoms with E-state index in [1.54, 1.807) is 6.20 Å². The Bertz CT molecular complexity index is 758. The van der Waals surface area contributed by atoms with Crippen molar-refractivity contribution in [3.05, 3.63) is 47.3 Å². The average molecular weight is 309 g/mol. The van der Waals surface area contributed by atoms with Crippen LogP contribution in [0.25, 0.3) is 11.0 Å². The van der Waals surface area contributed by atoms with E-state index < -0.39 is 0 Å². The standard InChI is InChI=1S/C14H14Cl2N4/c1-9(15)14-18-11-5-3-4-10(16)13(11)20(14)8-12-17-6-7-19(12)2/h3-7,9H,8H2,1-2H3. The lowest BCUT2D eigenvalue weighted by atomic mass is 10.3. The lowest BCUT2D eigenvalue weighted by Gasteiger charge is -2.11. The molecule has 0 fully saturated rings. The highest BCUT2D eigenvalue weighted by Gasteiger charge is 2.18. The monoisotopic (exact) mass is 308 g/mol. The molecule has 0 spiro atoms. The largest absolute Gasteiger partial charge is 0.337 e. The summed E-state index contributed by atoms with van der Waals surface area (Å²) in [7, 11) is 1.97. The van der Waals surface area contributed by atoms with Crippen molar-refractivity contribution in [1.82, 2.24) is 19.1 Å². The van der Waals surface area contributed by atoms with Gasteiger partial charge in [0.1, 0.15) is 11.6 Å². The zero-order chi connectivity index (χ0) is 14.3. The molecule has 0 N–H and O–H groups in total. The van der Waals surface area contributed by atoms with Crippen LogP contribution in [0.5, 0.6) is 0 Å². The normalized spacial score (nSPS) is 13.0. The van der Waals surface area contributed by atoms with E-state index in [4.69, 9.17) is 23.2 Å². The van der Waals surface area contributed by atoms with Gasteiger partial charge in [-0.15, -0.1) is 11.6 Å². The van der Waals surface area contributed by atoms with Crippen LogP contribution >= 0.6 is 23.2 Å². The van der Waals surface area contributed by atoms with Gasteiger partial charge < -0.3 is 9.13 Å². The molecule has 0 radical (unpaired) electrons. The number of fused-ring (bicyclic) bond motifs is 1. The van der Waals surface area contributed by atoms with Crippen molar-refractivity contribution in [2.45, 2.75) is 18.8 Å². The Kier molecular flexibility index (Phi) is 3.44. The van der Waals surface area contributed by atoms with E-state index in [0.717, 1.165) is 22.7 Å². The van der Waals surface area contributed by atoms with Crippen molar-refractivity contribution in [2.24, 2.45) is 7.05 Å². The van der Waals surface area contributed by atoms with Gasteiger partial charge in [-0.25, -0.2) is 9.97 Å². The van der Waals surface area contributed by atoms with Crippen LogP contribution in [-0.2, 0) is 13.6 Å². The third-order valence-corrected chi connectivity index (χ3v) is 3.82. The van der Waals surface area contributed by atoms with Crippen LogP contribution in [0.4, 0.5) is 0 Å². The van der Waals surface area contributed by atoms with E-state index >= 15 is 0 Å². The zero-order valence-corrected chi connectivity index (χ0v) is 12.7. The first-order valence-electron chi connectivity index (χ1n) is 6.33. The maximum absolute atomic E-state index is 6.33. The molecule has 20 heavy (non-hydrogen) atoms. The second-order valence-electron chi connectivity index (χ2n) is 4.73. The molecular formula is C14H14Cl2N4. The molecule has 1 unspecified atom stereocenters. The average Bonchev–Trinajstić information content (AvgIpc) is 2.96. The van der Waals surface area contributed by atoms with Crippen LogP contribution in [0.1, 0.15) is 23.9 Å². The molecule has 4 nitrogen and oxygen atoms in total. The smallest absolute Gasteiger partial charge is 0.128 e. The molecule has 0 aliphatic heterocycles. The van der Waals surface area contributed by atoms with Crippen LogP contribution in [0.3, 0.4) is 0 Å². The second-order valence-corrected chi connectivity index (χ2v) is 5.80. The minimum atomic E-state index is -0.196. The molecule has 0 aliphatic carbocycles. The Morgan fingerprint density at radius 3 is 2.80 bits per heavy atom. The van der Waals surface area contributed by atoms with Gasteiger partial charge in [-0.3, -0.25) is 0 Å². The van der Waals surface area contributed by atoms with Gasteiger partial charge in [0.05, 0.1) is 28.0 Å². The minimum absolute atomic E-state index is 0.196. The first kappa shape index (κ1) is 13.5. The van der Waals surface area contributed by atoms with Gasteiger partial charge in [0.25, 0.3) is 0 Å². The third kappa shape index (κ3) is 2.19. The van der Waals surface area contributed by atoms with Crippen LogP contribution in [0, 0.1) is 0 Å². The Balaban J connectivity index is 2.21. The number of aromatic nitrogens is 4. The molecule has 0 bridgehead atoms. The molecule has 2 heterocycles. The topological polar surface area (TPSA) is 35.6 Å². The summed E-state index contributed by atoms with van der Waals surface area (Å²) in [4.78, 5) is 8.95. The molecule has 0 saturated carbocycles. The number of benzene rings is 1. The number of para-hydroxylation sites is 1. The highest BCUT2D eigenvalue weighted by molar-refractivity contribution is 6.35. The summed E-state index contributed by atoms with van der Waals surface area (Å²) in [6.07, 6.45) is 3.69. The molecule has 0 amide bonds. The number of aryl methyl sites for hydroxylation is 1. The lowest BCUT2D eigenvalue weighted by molar-refractivity contribution is 0.677. The van der Waals surface area contributed by atoms with Crippen molar-refractivity contribution in [1.29, 1.82) is 0 Å². The van der Waals surface area contributed by atoms with Crippen molar-refractivity contribution >= 4 is 34.2 Å². The molecule has 3 rings (SSSR count). The molecule has 3 aromatic rings. The van der Waals surface area contributed by atoms with Gasteiger partial charge in [0, 0.05) is 19.4 Å². The predicted octanol–water partition coefficient (Wildman–Crippen LogP) is 3.77. The first-order chi connectivity index (χ1) is 9.58. The Labute approximate surface area is 127 Å². The molecule has 1 aromatic carbocycles. The van der Waals surface area contributed by atoms with E-state index in [1.165, 1.54) is 0 Å². The van der Waals surface area contributed by atoms with Crippen LogP contribution in [0.15, 0.2) is 30.6 Å². The Hall–Kier alpha value is -1.52. The van der Waals surface area contributed by atoms with E-state index in [-0.39, 0.29) is 5.38 Å². The summed E-state index contributed by atoms with van der Waals surface area (Å²) in [5.41, 5.74) is 1.76. The van der Waals surface area contributed by atoms with Gasteiger partial charge in [0.15, 0.2) is 0 Å². The van der Waals surface area contributed by atoms with E-state index in [9.17, 15) is 0 Å². The first-order valence-corrected chi connectivity index (χ1v) is 7.14. The number of nitrogens with zero attached hydrogens (tertiary/aromatic N) is 4. The highest BCUT2D eigenvalue weighted by atomic mass is 35.5. The van der Waals surface area contributed by atoms with E-state index in [1.807, 2.05) is 47.5 Å². The van der Waals surface area contributed by atoms with Crippen molar-refractivity contribution < 1.29 is 0 Å². The number of halogens is 2. The van der Waals surface area contributed by atoms with E-state index in [0.29, 0.717) is 11.6 Å². The fraction of sp³-hybridized carbons (Fsp3) is 0.286. The Morgan fingerprint density at radius 1 is 1.35 bits per heavy atom. The maximum atomic E-state index is 6.33. The molecule has 0 aliphatic rings. The predicted molar refractivity (Wildman–Crippen MR) is 81.3 cm³/mol. The second kappa shape index (κ2) is 5.11. The summed E-state index contributed by atoms with van der Waals surface area (Å²) >= 11 is 12.6. The molecule has 0 saturated heterocycles. The van der Waals surface area contributed by atoms with Crippen molar-refractivity contribution in [3.63, 3.8) is 0 Å². The number of hydrogen-bond acceptors (Lipinski definition) is 2. The van der Waals surface area contributed by atoms with Gasteiger partial charge in [-0.2, -0.15) is 0 Å². The molecule has 6 heteroatoms. The summed E-state index contributed by atoms with van der Waals surface area (Å²) in [6, 6.07) is 5.70. The summed E-state index contributed by atoms with van der Waals surface area (Å²) in [6.45, 7) is 2.50. The lowest BCUT2D eigenvalue weighted by Crippen LogP contribution is -2.09. The quantitative estimate of drug-likeness (QED) is 0.690.